The number of amides is 1. The highest BCUT2D eigenvalue weighted by Crippen LogP contribution is 2.69. The maximum Gasteiger partial charge on any atom is 0.306 e. The summed E-state index contributed by atoms with van der Waals surface area (Å²) >= 11 is 0. The summed E-state index contributed by atoms with van der Waals surface area (Å²) in [6.45, 7) is 0. The van der Waals surface area contributed by atoms with Gasteiger partial charge in [0.15, 0.2) is 0 Å². The quantitative estimate of drug-likeness (QED) is 0.829. The van der Waals surface area contributed by atoms with E-state index in [1.807, 2.05) is 0 Å². The molecule has 0 radical (unpaired) electrons. The molecule has 4 rings (SSSR count). The second-order valence-corrected chi connectivity index (χ2v) is 7.41. The number of carboxylic acids is 1. The molecule has 4 aliphatic rings. The van der Waals surface area contributed by atoms with E-state index >= 15 is 0 Å². The molecule has 0 aromatic carbocycles. The van der Waals surface area contributed by atoms with Gasteiger partial charge < -0.3 is 10.4 Å². The third-order valence-corrected chi connectivity index (χ3v) is 6.46. The zero-order chi connectivity index (χ0) is 13.9. The van der Waals surface area contributed by atoms with Crippen LogP contribution in [0.25, 0.3) is 0 Å². The summed E-state index contributed by atoms with van der Waals surface area (Å²) in [6, 6.07) is 0.220. The van der Waals surface area contributed by atoms with Gasteiger partial charge in [0.1, 0.15) is 0 Å². The Morgan fingerprint density at radius 1 is 0.900 bits per heavy atom. The van der Waals surface area contributed by atoms with Gasteiger partial charge in [-0.25, -0.2) is 0 Å². The van der Waals surface area contributed by atoms with E-state index < -0.39 is 5.97 Å². The molecule has 2 N–H and O–H groups in total. The molecule has 4 unspecified atom stereocenters. The summed E-state index contributed by atoms with van der Waals surface area (Å²) in [5.41, 5.74) is 0. The topological polar surface area (TPSA) is 66.4 Å². The standard InChI is InChI=1S/C16H23NO3/c18-15(14-12-9-1-2-10(7-9)13(12)14)17-11-5-3-8(4-6-11)16(19)20/h8-14H,1-7H2,(H,17,18)(H,19,20). The van der Waals surface area contributed by atoms with Crippen molar-refractivity contribution in [1.29, 1.82) is 0 Å². The van der Waals surface area contributed by atoms with Crippen LogP contribution in [0.3, 0.4) is 0 Å². The van der Waals surface area contributed by atoms with E-state index in [0.717, 1.165) is 24.7 Å². The van der Waals surface area contributed by atoms with Crippen molar-refractivity contribution in [3.8, 4) is 0 Å². The molecule has 1 amide bonds. The van der Waals surface area contributed by atoms with Crippen LogP contribution in [-0.4, -0.2) is 23.0 Å². The van der Waals surface area contributed by atoms with Crippen molar-refractivity contribution < 1.29 is 14.7 Å². The minimum Gasteiger partial charge on any atom is -0.481 e. The van der Waals surface area contributed by atoms with Crippen molar-refractivity contribution in [3.63, 3.8) is 0 Å². The Morgan fingerprint density at radius 2 is 1.50 bits per heavy atom. The maximum atomic E-state index is 12.4. The normalized spacial score (nSPS) is 48.7. The van der Waals surface area contributed by atoms with E-state index in [4.69, 9.17) is 5.11 Å². The molecule has 20 heavy (non-hydrogen) atoms. The van der Waals surface area contributed by atoms with Crippen molar-refractivity contribution in [2.24, 2.45) is 35.5 Å². The van der Waals surface area contributed by atoms with Gasteiger partial charge in [0, 0.05) is 12.0 Å². The fraction of sp³-hybridized carbons (Fsp3) is 0.875. The van der Waals surface area contributed by atoms with Crippen LogP contribution in [0, 0.1) is 35.5 Å². The van der Waals surface area contributed by atoms with Crippen molar-refractivity contribution in [3.05, 3.63) is 0 Å². The Bertz CT molecular complexity index is 425. The summed E-state index contributed by atoms with van der Waals surface area (Å²) in [6.07, 6.45) is 7.16. The Balaban J connectivity index is 1.29. The van der Waals surface area contributed by atoms with Gasteiger partial charge in [-0.3, -0.25) is 9.59 Å². The largest absolute Gasteiger partial charge is 0.481 e. The first-order valence-corrected chi connectivity index (χ1v) is 8.18. The third-order valence-electron chi connectivity index (χ3n) is 6.46. The Hall–Kier alpha value is -1.06. The van der Waals surface area contributed by atoms with Gasteiger partial charge in [0.2, 0.25) is 5.91 Å². The lowest BCUT2D eigenvalue weighted by atomic mass is 9.86. The number of carbonyl (C=O) groups excluding carboxylic acids is 1. The van der Waals surface area contributed by atoms with Gasteiger partial charge in [-0.2, -0.15) is 0 Å². The molecule has 4 aliphatic carbocycles. The third kappa shape index (κ3) is 1.87. The highest BCUT2D eigenvalue weighted by Gasteiger charge is 2.67. The monoisotopic (exact) mass is 277 g/mol. The molecule has 0 aromatic heterocycles. The molecule has 4 nitrogen and oxygen atoms in total. The molecule has 110 valence electrons. The lowest BCUT2D eigenvalue weighted by Crippen LogP contribution is -2.40. The van der Waals surface area contributed by atoms with Crippen molar-refractivity contribution in [2.45, 2.75) is 51.0 Å². The van der Waals surface area contributed by atoms with Crippen LogP contribution in [0.4, 0.5) is 0 Å². The predicted octanol–water partition coefficient (Wildman–Crippen LogP) is 2.04. The maximum absolute atomic E-state index is 12.4. The average molecular weight is 277 g/mol. The van der Waals surface area contributed by atoms with Gasteiger partial charge >= 0.3 is 5.97 Å². The molecule has 4 heteroatoms. The summed E-state index contributed by atoms with van der Waals surface area (Å²) in [5, 5.41) is 12.2. The van der Waals surface area contributed by atoms with Crippen molar-refractivity contribution in [2.75, 3.05) is 0 Å². The SMILES string of the molecule is O=C(O)C1CCC(NC(=O)C2C3C4CCC(C4)C23)CC1. The highest BCUT2D eigenvalue weighted by molar-refractivity contribution is 5.83. The van der Waals surface area contributed by atoms with E-state index in [2.05, 4.69) is 5.32 Å². The molecular formula is C16H23NO3. The molecule has 0 spiro atoms. The first-order valence-electron chi connectivity index (χ1n) is 8.18. The number of nitrogens with one attached hydrogen (secondary N) is 1. The first-order chi connectivity index (χ1) is 9.65. The van der Waals surface area contributed by atoms with Crippen molar-refractivity contribution >= 4 is 11.9 Å². The molecule has 4 fully saturated rings. The van der Waals surface area contributed by atoms with Gasteiger partial charge in [-0.05, 0) is 68.6 Å². The second kappa shape index (κ2) is 4.47. The minimum atomic E-state index is -0.678. The molecule has 0 heterocycles. The van der Waals surface area contributed by atoms with Crippen LogP contribution in [0.15, 0.2) is 0 Å². The number of carbonyl (C=O) groups is 2. The number of aliphatic carboxylic acids is 1. The van der Waals surface area contributed by atoms with Crippen LogP contribution in [0.2, 0.25) is 0 Å². The van der Waals surface area contributed by atoms with Gasteiger partial charge in [0.05, 0.1) is 5.92 Å². The summed E-state index contributed by atoms with van der Waals surface area (Å²) in [7, 11) is 0. The van der Waals surface area contributed by atoms with Gasteiger partial charge in [-0.15, -0.1) is 0 Å². The summed E-state index contributed by atoms with van der Waals surface area (Å²) < 4.78 is 0. The van der Waals surface area contributed by atoms with E-state index in [9.17, 15) is 9.59 Å². The van der Waals surface area contributed by atoms with Crippen LogP contribution >= 0.6 is 0 Å². The van der Waals surface area contributed by atoms with Crippen LogP contribution < -0.4 is 5.32 Å². The highest BCUT2D eigenvalue weighted by atomic mass is 16.4. The molecule has 0 saturated heterocycles. The summed E-state index contributed by atoms with van der Waals surface area (Å²) in [5.74, 6) is 2.77. The van der Waals surface area contributed by atoms with Crippen LogP contribution in [-0.2, 0) is 9.59 Å². The zero-order valence-electron chi connectivity index (χ0n) is 11.8. The molecular weight excluding hydrogens is 254 g/mol. The van der Waals surface area contributed by atoms with E-state index in [1.54, 1.807) is 0 Å². The van der Waals surface area contributed by atoms with Gasteiger partial charge in [-0.1, -0.05) is 0 Å². The van der Waals surface area contributed by atoms with E-state index in [1.165, 1.54) is 19.3 Å². The molecule has 0 aliphatic heterocycles. The Labute approximate surface area is 119 Å². The van der Waals surface area contributed by atoms with Crippen LogP contribution in [0.1, 0.15) is 44.9 Å². The fourth-order valence-electron chi connectivity index (χ4n) is 5.46. The van der Waals surface area contributed by atoms with Crippen LogP contribution in [0.5, 0.6) is 0 Å². The lowest BCUT2D eigenvalue weighted by molar-refractivity contribution is -0.142. The molecule has 2 bridgehead atoms. The van der Waals surface area contributed by atoms with E-state index in [0.29, 0.717) is 30.6 Å². The number of hydrogen-bond donors (Lipinski definition) is 2. The van der Waals surface area contributed by atoms with Gasteiger partial charge in [0.25, 0.3) is 0 Å². The Morgan fingerprint density at radius 3 is 2.05 bits per heavy atom. The molecule has 4 atom stereocenters. The summed E-state index contributed by atoms with van der Waals surface area (Å²) in [4.78, 5) is 23.3. The molecule has 0 aromatic rings. The fourth-order valence-corrected chi connectivity index (χ4v) is 5.46. The number of carboxylic acid groups (broad SMARTS) is 1. The Kier molecular flexibility index (Phi) is 2.83. The number of hydrogen-bond acceptors (Lipinski definition) is 2. The second-order valence-electron chi connectivity index (χ2n) is 7.41. The average Bonchev–Trinajstić information content (AvgIpc) is 2.89. The lowest BCUT2D eigenvalue weighted by Gasteiger charge is -2.27. The molecule has 4 saturated carbocycles. The smallest absolute Gasteiger partial charge is 0.306 e. The zero-order valence-corrected chi connectivity index (χ0v) is 11.8. The van der Waals surface area contributed by atoms with E-state index in [-0.39, 0.29) is 17.9 Å². The predicted molar refractivity (Wildman–Crippen MR) is 72.8 cm³/mol. The van der Waals surface area contributed by atoms with Crippen molar-refractivity contribution in [1.82, 2.24) is 5.32 Å². The first kappa shape index (κ1) is 12.7. The number of fused-ring (bicyclic) bond motifs is 5. The number of rotatable bonds is 3. The minimum absolute atomic E-state index is 0.195.